The Morgan fingerprint density at radius 3 is 2.20 bits per heavy atom. The number of benzene rings is 1. The summed E-state index contributed by atoms with van der Waals surface area (Å²) in [4.78, 5) is 21.9. The minimum Gasteiger partial charge on any atom is -0.508 e. The number of phenols is 1. The van der Waals surface area contributed by atoms with E-state index in [0.717, 1.165) is 0 Å². The number of hydrogen-bond donors (Lipinski definition) is 2. The molecule has 0 radical (unpaired) electrons. The molecule has 0 bridgehead atoms. The van der Waals surface area contributed by atoms with Gasteiger partial charge in [0.25, 0.3) is 5.91 Å². The van der Waals surface area contributed by atoms with Crippen LogP contribution in [0.1, 0.15) is 12.5 Å². The Hall–Kier alpha value is -2.10. The summed E-state index contributed by atoms with van der Waals surface area (Å²) in [5.41, 5.74) is 5.62. The van der Waals surface area contributed by atoms with E-state index in [4.69, 9.17) is 10.8 Å². The second kappa shape index (κ2) is 4.41. The summed E-state index contributed by atoms with van der Waals surface area (Å²) in [6.45, 7) is 1.27. The fourth-order valence-electron chi connectivity index (χ4n) is 1.08. The summed E-state index contributed by atoms with van der Waals surface area (Å²) in [5.74, 6) is -1.01. The first kappa shape index (κ1) is 11.0. The summed E-state index contributed by atoms with van der Waals surface area (Å²) in [7, 11) is 0. The van der Waals surface area contributed by atoms with Gasteiger partial charge < -0.3 is 10.8 Å². The number of phenolic OH excluding ortho intramolecular Hbond substituents is 1. The van der Waals surface area contributed by atoms with Crippen molar-refractivity contribution in [1.29, 1.82) is 0 Å². The summed E-state index contributed by atoms with van der Waals surface area (Å²) < 4.78 is 0. The van der Waals surface area contributed by atoms with Crippen LogP contribution in [-0.4, -0.2) is 16.8 Å². The number of ketones is 1. The normalized spacial score (nSPS) is 11.1. The lowest BCUT2D eigenvalue weighted by Gasteiger charge is -1.98. The maximum absolute atomic E-state index is 11.0. The lowest BCUT2D eigenvalue weighted by Crippen LogP contribution is -2.18. The van der Waals surface area contributed by atoms with Crippen molar-refractivity contribution in [3.63, 3.8) is 0 Å². The second-order valence-corrected chi connectivity index (χ2v) is 3.07. The molecule has 0 spiro atoms. The molecule has 78 valence electrons. The van der Waals surface area contributed by atoms with Crippen molar-refractivity contribution in [2.24, 2.45) is 5.73 Å². The average Bonchev–Trinajstić information content (AvgIpc) is 2.15. The molecule has 1 aromatic carbocycles. The molecule has 4 heteroatoms. The van der Waals surface area contributed by atoms with E-state index in [-0.39, 0.29) is 17.1 Å². The first-order valence-corrected chi connectivity index (χ1v) is 4.32. The topological polar surface area (TPSA) is 80.4 Å². The highest BCUT2D eigenvalue weighted by Gasteiger charge is 2.09. The molecule has 0 unspecified atom stereocenters. The van der Waals surface area contributed by atoms with E-state index in [9.17, 15) is 9.59 Å². The molecule has 15 heavy (non-hydrogen) atoms. The summed E-state index contributed by atoms with van der Waals surface area (Å²) >= 11 is 0. The number of nitrogens with two attached hydrogens (primary N) is 1. The van der Waals surface area contributed by atoms with Gasteiger partial charge in [-0.3, -0.25) is 9.59 Å². The van der Waals surface area contributed by atoms with E-state index >= 15 is 0 Å². The van der Waals surface area contributed by atoms with Crippen LogP contribution in [0, 0.1) is 0 Å². The van der Waals surface area contributed by atoms with Crippen molar-refractivity contribution >= 4 is 17.8 Å². The SMILES string of the molecule is CC(=O)/C(=C\c1ccc(O)cc1)C(N)=O. The first-order chi connectivity index (χ1) is 7.00. The van der Waals surface area contributed by atoms with E-state index < -0.39 is 5.91 Å². The molecule has 1 aromatic rings. The molecule has 3 N–H and O–H groups in total. The lowest BCUT2D eigenvalue weighted by molar-refractivity contribution is -0.119. The van der Waals surface area contributed by atoms with E-state index in [1.165, 1.54) is 25.1 Å². The highest BCUT2D eigenvalue weighted by molar-refractivity contribution is 6.21. The molecule has 0 fully saturated rings. The third-order valence-electron chi connectivity index (χ3n) is 1.85. The molecule has 0 aliphatic rings. The third kappa shape index (κ3) is 2.95. The molecular formula is C11H11NO3. The van der Waals surface area contributed by atoms with Crippen LogP contribution in [0.4, 0.5) is 0 Å². The lowest BCUT2D eigenvalue weighted by atomic mass is 10.1. The van der Waals surface area contributed by atoms with Crippen molar-refractivity contribution < 1.29 is 14.7 Å². The largest absolute Gasteiger partial charge is 0.508 e. The monoisotopic (exact) mass is 205 g/mol. The number of rotatable bonds is 3. The van der Waals surface area contributed by atoms with Crippen LogP contribution in [0.15, 0.2) is 29.8 Å². The predicted octanol–water partition coefficient (Wildman–Crippen LogP) is 0.850. The molecule has 0 saturated carbocycles. The maximum Gasteiger partial charge on any atom is 0.252 e. The molecule has 0 saturated heterocycles. The number of carbonyl (C=O) groups is 2. The van der Waals surface area contributed by atoms with Crippen LogP contribution in [-0.2, 0) is 9.59 Å². The van der Waals surface area contributed by atoms with Gasteiger partial charge in [0.15, 0.2) is 5.78 Å². The number of hydrogen-bond acceptors (Lipinski definition) is 3. The van der Waals surface area contributed by atoms with Gasteiger partial charge in [0, 0.05) is 0 Å². The minimum atomic E-state index is -0.754. The Morgan fingerprint density at radius 2 is 1.80 bits per heavy atom. The minimum absolute atomic E-state index is 0.0549. The number of aromatic hydroxyl groups is 1. The van der Waals surface area contributed by atoms with Gasteiger partial charge in [-0.25, -0.2) is 0 Å². The molecular weight excluding hydrogens is 194 g/mol. The number of carbonyl (C=O) groups excluding carboxylic acids is 2. The summed E-state index contributed by atoms with van der Waals surface area (Å²) in [6.07, 6.45) is 1.39. The molecule has 1 rings (SSSR count). The Kier molecular flexibility index (Phi) is 3.23. The van der Waals surface area contributed by atoms with Gasteiger partial charge in [0.1, 0.15) is 5.75 Å². The van der Waals surface area contributed by atoms with E-state index in [2.05, 4.69) is 0 Å². The number of Topliss-reactive ketones (excluding diaryl/α,β-unsaturated/α-hetero) is 1. The zero-order valence-electron chi connectivity index (χ0n) is 8.23. The number of primary amides is 1. The highest BCUT2D eigenvalue weighted by atomic mass is 16.3. The molecule has 4 nitrogen and oxygen atoms in total. The first-order valence-electron chi connectivity index (χ1n) is 4.32. The Labute approximate surface area is 87.0 Å². The van der Waals surface area contributed by atoms with Crippen molar-refractivity contribution in [3.05, 3.63) is 35.4 Å². The van der Waals surface area contributed by atoms with Crippen molar-refractivity contribution in [2.45, 2.75) is 6.92 Å². The van der Waals surface area contributed by atoms with Crippen LogP contribution in [0.2, 0.25) is 0 Å². The highest BCUT2D eigenvalue weighted by Crippen LogP contribution is 2.13. The molecule has 0 aromatic heterocycles. The predicted molar refractivity (Wildman–Crippen MR) is 56.0 cm³/mol. The molecule has 1 amide bonds. The summed E-state index contributed by atoms with van der Waals surface area (Å²) in [6, 6.07) is 6.09. The maximum atomic E-state index is 11.0. The van der Waals surface area contributed by atoms with Gasteiger partial charge in [-0.15, -0.1) is 0 Å². The van der Waals surface area contributed by atoms with Crippen molar-refractivity contribution in [1.82, 2.24) is 0 Å². The third-order valence-corrected chi connectivity index (χ3v) is 1.85. The quantitative estimate of drug-likeness (QED) is 0.436. The molecule has 0 heterocycles. The van der Waals surface area contributed by atoms with E-state index in [1.54, 1.807) is 12.1 Å². The zero-order valence-corrected chi connectivity index (χ0v) is 8.23. The van der Waals surface area contributed by atoms with Gasteiger partial charge in [0.05, 0.1) is 5.57 Å². The standard InChI is InChI=1S/C11H11NO3/c1-7(13)10(11(12)15)6-8-2-4-9(14)5-3-8/h2-6,14H,1H3,(H2,12,15)/b10-6+. The van der Waals surface area contributed by atoms with Crippen LogP contribution in [0.25, 0.3) is 6.08 Å². The molecule has 0 aliphatic carbocycles. The zero-order chi connectivity index (χ0) is 11.4. The van der Waals surface area contributed by atoms with E-state index in [1.807, 2.05) is 0 Å². The van der Waals surface area contributed by atoms with Crippen LogP contribution >= 0.6 is 0 Å². The molecule has 0 aliphatic heterocycles. The van der Waals surface area contributed by atoms with Gasteiger partial charge in [-0.2, -0.15) is 0 Å². The fourth-order valence-corrected chi connectivity index (χ4v) is 1.08. The Balaban J connectivity index is 3.08. The van der Waals surface area contributed by atoms with Crippen molar-refractivity contribution in [2.75, 3.05) is 0 Å². The Bertz CT molecular complexity index is 402. The molecule has 0 atom stereocenters. The van der Waals surface area contributed by atoms with Gasteiger partial charge in [-0.1, -0.05) is 12.1 Å². The average molecular weight is 205 g/mol. The van der Waals surface area contributed by atoms with Crippen molar-refractivity contribution in [3.8, 4) is 5.75 Å². The van der Waals surface area contributed by atoms with Gasteiger partial charge in [0.2, 0.25) is 0 Å². The Morgan fingerprint density at radius 1 is 1.27 bits per heavy atom. The van der Waals surface area contributed by atoms with Gasteiger partial charge in [-0.05, 0) is 30.7 Å². The van der Waals surface area contributed by atoms with Crippen LogP contribution in [0.5, 0.6) is 5.75 Å². The summed E-state index contributed by atoms with van der Waals surface area (Å²) in [5, 5.41) is 9.03. The smallest absolute Gasteiger partial charge is 0.252 e. The second-order valence-electron chi connectivity index (χ2n) is 3.07. The van der Waals surface area contributed by atoms with E-state index in [0.29, 0.717) is 5.56 Å². The van der Waals surface area contributed by atoms with Gasteiger partial charge >= 0.3 is 0 Å². The fraction of sp³-hybridized carbons (Fsp3) is 0.0909. The van der Waals surface area contributed by atoms with Crippen LogP contribution < -0.4 is 5.73 Å². The van der Waals surface area contributed by atoms with Crippen LogP contribution in [0.3, 0.4) is 0 Å². The number of amides is 1.